The zero-order valence-electron chi connectivity index (χ0n) is 9.81. The summed E-state index contributed by atoms with van der Waals surface area (Å²) in [5.74, 6) is 4.50. The molecule has 4 fully saturated rings. The lowest BCUT2D eigenvalue weighted by Crippen LogP contribution is -2.46. The second-order valence-corrected chi connectivity index (χ2v) is 6.35. The number of nitrogens with zero attached hydrogens (tertiary/aromatic N) is 1. The van der Waals surface area contributed by atoms with Gasteiger partial charge in [-0.15, -0.1) is 0 Å². The number of hydrogen-bond acceptors (Lipinski definition) is 2. The van der Waals surface area contributed by atoms with Gasteiger partial charge in [-0.3, -0.25) is 0 Å². The molecule has 4 aliphatic carbocycles. The van der Waals surface area contributed by atoms with E-state index < -0.39 is 0 Å². The Kier molecular flexibility index (Phi) is 2.67. The molecular formula is C14H21NO. The van der Waals surface area contributed by atoms with Gasteiger partial charge in [0.05, 0.1) is 18.6 Å². The number of rotatable bonds is 3. The first kappa shape index (κ1) is 10.6. The topological polar surface area (TPSA) is 44.0 Å². The molecule has 0 aromatic rings. The Morgan fingerprint density at radius 1 is 1.06 bits per heavy atom. The van der Waals surface area contributed by atoms with Crippen LogP contribution in [0.1, 0.15) is 44.9 Å². The van der Waals surface area contributed by atoms with Crippen LogP contribution in [0, 0.1) is 40.9 Å². The Labute approximate surface area is 97.7 Å². The van der Waals surface area contributed by atoms with Crippen molar-refractivity contribution in [3.8, 4) is 6.07 Å². The average molecular weight is 219 g/mol. The van der Waals surface area contributed by atoms with E-state index >= 15 is 0 Å². The molecule has 0 heterocycles. The van der Waals surface area contributed by atoms with Crippen LogP contribution in [0.4, 0.5) is 0 Å². The largest absolute Gasteiger partial charge is 0.392 e. The van der Waals surface area contributed by atoms with E-state index in [2.05, 4.69) is 6.07 Å². The van der Waals surface area contributed by atoms with Crippen molar-refractivity contribution in [2.45, 2.75) is 51.0 Å². The summed E-state index contributed by atoms with van der Waals surface area (Å²) < 4.78 is 0. The fourth-order valence-corrected chi connectivity index (χ4v) is 4.93. The maximum atomic E-state index is 9.81. The van der Waals surface area contributed by atoms with Crippen LogP contribution in [0.25, 0.3) is 0 Å². The monoisotopic (exact) mass is 219 g/mol. The molecule has 1 N–H and O–H groups in total. The number of hydrogen-bond donors (Lipinski definition) is 1. The molecule has 16 heavy (non-hydrogen) atoms. The fourth-order valence-electron chi connectivity index (χ4n) is 4.93. The van der Waals surface area contributed by atoms with E-state index in [0.29, 0.717) is 6.42 Å². The van der Waals surface area contributed by atoms with Gasteiger partial charge in [0.25, 0.3) is 0 Å². The first-order valence-electron chi connectivity index (χ1n) is 6.81. The second kappa shape index (κ2) is 4.04. The molecular weight excluding hydrogens is 198 g/mol. The van der Waals surface area contributed by atoms with Crippen LogP contribution in [0.5, 0.6) is 0 Å². The SMILES string of the molecule is N#CCC(O)CC1C2CC3CC(C2)CC1C3. The van der Waals surface area contributed by atoms with Gasteiger partial charge in [-0.25, -0.2) is 0 Å². The highest BCUT2D eigenvalue weighted by molar-refractivity contribution is 4.98. The molecule has 0 spiro atoms. The molecule has 0 radical (unpaired) electrons. The summed E-state index contributed by atoms with van der Waals surface area (Å²) in [4.78, 5) is 0. The zero-order chi connectivity index (χ0) is 11.1. The Balaban J connectivity index is 1.66. The Hall–Kier alpha value is -0.550. The second-order valence-electron chi connectivity index (χ2n) is 6.35. The van der Waals surface area contributed by atoms with Crippen LogP contribution in [-0.4, -0.2) is 11.2 Å². The molecule has 0 amide bonds. The third-order valence-electron chi connectivity index (χ3n) is 5.29. The summed E-state index contributed by atoms with van der Waals surface area (Å²) in [6, 6.07) is 2.09. The quantitative estimate of drug-likeness (QED) is 0.793. The first-order chi connectivity index (χ1) is 7.76. The van der Waals surface area contributed by atoms with E-state index in [-0.39, 0.29) is 6.10 Å². The summed E-state index contributed by atoms with van der Waals surface area (Å²) in [7, 11) is 0. The molecule has 2 nitrogen and oxygen atoms in total. The van der Waals surface area contributed by atoms with Crippen molar-refractivity contribution < 1.29 is 5.11 Å². The fraction of sp³-hybridized carbons (Fsp3) is 0.929. The van der Waals surface area contributed by atoms with Gasteiger partial charge in [-0.1, -0.05) is 0 Å². The van der Waals surface area contributed by atoms with Crippen molar-refractivity contribution in [3.63, 3.8) is 0 Å². The molecule has 0 aromatic carbocycles. The van der Waals surface area contributed by atoms with Crippen LogP contribution >= 0.6 is 0 Å². The standard InChI is InChI=1S/C14H21NO/c15-2-1-13(16)8-14-11-4-9-3-10(6-11)7-12(14)5-9/h9-14,16H,1,3-8H2. The van der Waals surface area contributed by atoms with Crippen molar-refractivity contribution in [2.75, 3.05) is 0 Å². The minimum absolute atomic E-state index is 0.322. The number of aliphatic hydroxyl groups excluding tert-OH is 1. The van der Waals surface area contributed by atoms with Crippen molar-refractivity contribution in [2.24, 2.45) is 29.6 Å². The van der Waals surface area contributed by atoms with Crippen molar-refractivity contribution >= 4 is 0 Å². The van der Waals surface area contributed by atoms with Gasteiger partial charge >= 0.3 is 0 Å². The lowest BCUT2D eigenvalue weighted by molar-refractivity contribution is -0.0540. The molecule has 4 saturated carbocycles. The van der Waals surface area contributed by atoms with Gasteiger partial charge in [-0.2, -0.15) is 5.26 Å². The molecule has 4 aliphatic rings. The zero-order valence-corrected chi connectivity index (χ0v) is 9.81. The molecule has 1 atom stereocenters. The van der Waals surface area contributed by atoms with Crippen molar-refractivity contribution in [3.05, 3.63) is 0 Å². The minimum Gasteiger partial charge on any atom is -0.392 e. The molecule has 1 unspecified atom stereocenters. The van der Waals surface area contributed by atoms with Crippen LogP contribution in [-0.2, 0) is 0 Å². The van der Waals surface area contributed by atoms with E-state index in [1.54, 1.807) is 0 Å². The van der Waals surface area contributed by atoms with Gasteiger partial charge in [0.2, 0.25) is 0 Å². The van der Waals surface area contributed by atoms with Crippen molar-refractivity contribution in [1.29, 1.82) is 5.26 Å². The molecule has 4 rings (SSSR count). The molecule has 0 saturated heterocycles. The highest BCUT2D eigenvalue weighted by atomic mass is 16.3. The number of aliphatic hydroxyl groups is 1. The van der Waals surface area contributed by atoms with Crippen LogP contribution in [0.15, 0.2) is 0 Å². The van der Waals surface area contributed by atoms with Gasteiger partial charge in [0.15, 0.2) is 0 Å². The van der Waals surface area contributed by atoms with E-state index in [4.69, 9.17) is 5.26 Å². The summed E-state index contributed by atoms with van der Waals surface area (Å²) in [5.41, 5.74) is 0. The molecule has 88 valence electrons. The van der Waals surface area contributed by atoms with E-state index in [0.717, 1.165) is 36.0 Å². The van der Waals surface area contributed by atoms with Crippen LogP contribution in [0.2, 0.25) is 0 Å². The average Bonchev–Trinajstić information content (AvgIpc) is 2.23. The number of nitriles is 1. The lowest BCUT2D eigenvalue weighted by Gasteiger charge is -2.55. The molecule has 4 bridgehead atoms. The maximum Gasteiger partial charge on any atom is 0.0672 e. The summed E-state index contributed by atoms with van der Waals surface area (Å²) in [6.07, 6.45) is 7.99. The van der Waals surface area contributed by atoms with Crippen molar-refractivity contribution in [1.82, 2.24) is 0 Å². The van der Waals surface area contributed by atoms with Gasteiger partial charge < -0.3 is 5.11 Å². The highest BCUT2D eigenvalue weighted by Gasteiger charge is 2.48. The summed E-state index contributed by atoms with van der Waals surface area (Å²) in [5, 5.41) is 18.4. The van der Waals surface area contributed by atoms with Crippen LogP contribution in [0.3, 0.4) is 0 Å². The Bertz CT molecular complexity index is 278. The third-order valence-corrected chi connectivity index (χ3v) is 5.29. The third kappa shape index (κ3) is 1.76. The minimum atomic E-state index is -0.368. The lowest BCUT2D eigenvalue weighted by atomic mass is 9.51. The van der Waals surface area contributed by atoms with E-state index in [9.17, 15) is 5.11 Å². The van der Waals surface area contributed by atoms with E-state index in [1.165, 1.54) is 32.1 Å². The van der Waals surface area contributed by atoms with Gasteiger partial charge in [-0.05, 0) is 68.1 Å². The maximum absolute atomic E-state index is 9.81. The summed E-state index contributed by atoms with van der Waals surface area (Å²) >= 11 is 0. The predicted octanol–water partition coefficient (Wildman–Crippen LogP) is 2.72. The molecule has 0 aromatic heterocycles. The molecule has 2 heteroatoms. The van der Waals surface area contributed by atoms with Crippen LogP contribution < -0.4 is 0 Å². The van der Waals surface area contributed by atoms with Gasteiger partial charge in [0, 0.05) is 0 Å². The Morgan fingerprint density at radius 3 is 2.12 bits per heavy atom. The Morgan fingerprint density at radius 2 is 1.62 bits per heavy atom. The molecule has 0 aliphatic heterocycles. The predicted molar refractivity (Wildman–Crippen MR) is 61.4 cm³/mol. The van der Waals surface area contributed by atoms with Gasteiger partial charge in [0.1, 0.15) is 0 Å². The summed E-state index contributed by atoms with van der Waals surface area (Å²) in [6.45, 7) is 0. The smallest absolute Gasteiger partial charge is 0.0672 e. The normalized spacial score (nSPS) is 46.6. The first-order valence-corrected chi connectivity index (χ1v) is 6.81. The van der Waals surface area contributed by atoms with E-state index in [1.807, 2.05) is 0 Å². The highest BCUT2D eigenvalue weighted by Crippen LogP contribution is 2.57.